The summed E-state index contributed by atoms with van der Waals surface area (Å²) in [5.74, 6) is 0.919. The van der Waals surface area contributed by atoms with E-state index in [1.807, 2.05) is 42.5 Å². The maximum absolute atomic E-state index is 12.3. The Balaban J connectivity index is 1.10. The number of carbonyl (C=O) groups excluding carboxylic acids is 2. The zero-order chi connectivity index (χ0) is 23.0. The lowest BCUT2D eigenvalue weighted by molar-refractivity contribution is -0.117. The molecule has 0 aromatic heterocycles. The highest BCUT2D eigenvalue weighted by Gasteiger charge is 2.31. The quantitative estimate of drug-likeness (QED) is 0.603. The SMILES string of the molecule is COc1ccc(N2CCN(CCCNC(=O)NC3CC(=O)N(c4ccccc4)C3)CC2)cc1. The largest absolute Gasteiger partial charge is 0.497 e. The molecule has 0 spiro atoms. The molecule has 8 nitrogen and oxygen atoms in total. The summed E-state index contributed by atoms with van der Waals surface area (Å²) in [6.45, 7) is 6.10. The first kappa shape index (κ1) is 22.9. The van der Waals surface area contributed by atoms with E-state index in [0.717, 1.165) is 50.6 Å². The summed E-state index contributed by atoms with van der Waals surface area (Å²) in [6, 6.07) is 17.4. The van der Waals surface area contributed by atoms with E-state index in [9.17, 15) is 9.59 Å². The fourth-order valence-electron chi connectivity index (χ4n) is 4.43. The van der Waals surface area contributed by atoms with E-state index in [2.05, 4.69) is 32.6 Å². The number of methoxy groups -OCH3 is 1. The van der Waals surface area contributed by atoms with Crippen LogP contribution in [0.15, 0.2) is 54.6 Å². The van der Waals surface area contributed by atoms with Crippen molar-refractivity contribution >= 4 is 23.3 Å². The summed E-state index contributed by atoms with van der Waals surface area (Å²) in [4.78, 5) is 31.1. The van der Waals surface area contributed by atoms with Crippen LogP contribution in [-0.4, -0.2) is 75.8 Å². The number of rotatable bonds is 8. The highest BCUT2D eigenvalue weighted by molar-refractivity contribution is 5.96. The molecule has 0 bridgehead atoms. The van der Waals surface area contributed by atoms with Crippen molar-refractivity contribution in [3.63, 3.8) is 0 Å². The van der Waals surface area contributed by atoms with Crippen molar-refractivity contribution < 1.29 is 14.3 Å². The third-order valence-corrected chi connectivity index (χ3v) is 6.27. The molecule has 0 radical (unpaired) electrons. The van der Waals surface area contributed by atoms with Crippen LogP contribution in [0.3, 0.4) is 0 Å². The lowest BCUT2D eigenvalue weighted by atomic mass is 10.2. The van der Waals surface area contributed by atoms with Gasteiger partial charge in [-0.25, -0.2) is 4.79 Å². The van der Waals surface area contributed by atoms with E-state index in [-0.39, 0.29) is 18.0 Å². The smallest absolute Gasteiger partial charge is 0.315 e. The van der Waals surface area contributed by atoms with Crippen molar-refractivity contribution in [3.05, 3.63) is 54.6 Å². The highest BCUT2D eigenvalue weighted by atomic mass is 16.5. The van der Waals surface area contributed by atoms with Gasteiger partial charge in [-0.1, -0.05) is 18.2 Å². The summed E-state index contributed by atoms with van der Waals surface area (Å²) in [7, 11) is 1.68. The normalized spacial score (nSPS) is 18.9. The number of nitrogens with zero attached hydrogens (tertiary/aromatic N) is 3. The first-order chi connectivity index (χ1) is 16.1. The second-order valence-electron chi connectivity index (χ2n) is 8.52. The minimum Gasteiger partial charge on any atom is -0.497 e. The van der Waals surface area contributed by atoms with Crippen LogP contribution >= 0.6 is 0 Å². The van der Waals surface area contributed by atoms with Gasteiger partial charge in [0, 0.05) is 57.1 Å². The van der Waals surface area contributed by atoms with Crippen molar-refractivity contribution in [1.29, 1.82) is 0 Å². The van der Waals surface area contributed by atoms with Gasteiger partial charge in [0.1, 0.15) is 5.75 Å². The van der Waals surface area contributed by atoms with E-state index in [0.29, 0.717) is 19.5 Å². The molecule has 4 rings (SSSR count). The van der Waals surface area contributed by atoms with Crippen LogP contribution in [0.25, 0.3) is 0 Å². The number of urea groups is 1. The van der Waals surface area contributed by atoms with Crippen molar-refractivity contribution in [2.24, 2.45) is 0 Å². The lowest BCUT2D eigenvalue weighted by Gasteiger charge is -2.36. The van der Waals surface area contributed by atoms with Crippen LogP contribution in [0.4, 0.5) is 16.2 Å². The number of para-hydroxylation sites is 1. The van der Waals surface area contributed by atoms with Gasteiger partial charge < -0.3 is 25.2 Å². The van der Waals surface area contributed by atoms with Gasteiger partial charge in [-0.2, -0.15) is 0 Å². The maximum Gasteiger partial charge on any atom is 0.315 e. The molecule has 176 valence electrons. The molecule has 2 fully saturated rings. The number of benzene rings is 2. The number of hydrogen-bond donors (Lipinski definition) is 2. The second kappa shape index (κ2) is 11.0. The Morgan fingerprint density at radius 2 is 1.73 bits per heavy atom. The van der Waals surface area contributed by atoms with Crippen molar-refractivity contribution in [2.45, 2.75) is 18.9 Å². The Morgan fingerprint density at radius 3 is 2.42 bits per heavy atom. The van der Waals surface area contributed by atoms with Gasteiger partial charge in [0.05, 0.1) is 13.2 Å². The molecular weight excluding hydrogens is 418 g/mol. The molecule has 1 atom stereocenters. The van der Waals surface area contributed by atoms with Crippen LogP contribution in [-0.2, 0) is 4.79 Å². The predicted octanol–water partition coefficient (Wildman–Crippen LogP) is 2.31. The van der Waals surface area contributed by atoms with Crippen molar-refractivity contribution in [1.82, 2.24) is 15.5 Å². The molecular formula is C25H33N5O3. The molecule has 0 saturated carbocycles. The third kappa shape index (κ3) is 6.16. The van der Waals surface area contributed by atoms with Gasteiger partial charge in [-0.05, 0) is 49.4 Å². The van der Waals surface area contributed by atoms with Crippen LogP contribution in [0.2, 0.25) is 0 Å². The molecule has 33 heavy (non-hydrogen) atoms. The number of anilines is 2. The van der Waals surface area contributed by atoms with E-state index in [1.54, 1.807) is 12.0 Å². The van der Waals surface area contributed by atoms with Crippen LogP contribution in [0.5, 0.6) is 5.75 Å². The number of nitrogens with one attached hydrogen (secondary N) is 2. The van der Waals surface area contributed by atoms with Crippen LogP contribution in [0.1, 0.15) is 12.8 Å². The van der Waals surface area contributed by atoms with E-state index in [4.69, 9.17) is 4.74 Å². The second-order valence-corrected chi connectivity index (χ2v) is 8.52. The Morgan fingerprint density at radius 1 is 1.00 bits per heavy atom. The maximum atomic E-state index is 12.3. The monoisotopic (exact) mass is 451 g/mol. The van der Waals surface area contributed by atoms with Crippen LogP contribution in [0, 0.1) is 0 Å². The molecule has 1 unspecified atom stereocenters. The number of hydrogen-bond acceptors (Lipinski definition) is 5. The van der Waals surface area contributed by atoms with Gasteiger partial charge in [-0.15, -0.1) is 0 Å². The van der Waals surface area contributed by atoms with E-state index < -0.39 is 0 Å². The van der Waals surface area contributed by atoms with Gasteiger partial charge in [0.2, 0.25) is 5.91 Å². The molecule has 2 aromatic carbocycles. The molecule has 2 N–H and O–H groups in total. The van der Waals surface area contributed by atoms with Crippen molar-refractivity contribution in [2.75, 3.05) is 62.7 Å². The number of amides is 3. The number of carbonyl (C=O) groups is 2. The van der Waals surface area contributed by atoms with E-state index >= 15 is 0 Å². The lowest BCUT2D eigenvalue weighted by Crippen LogP contribution is -2.47. The van der Waals surface area contributed by atoms with Crippen LogP contribution < -0.4 is 25.2 Å². The summed E-state index contributed by atoms with van der Waals surface area (Å²) < 4.78 is 5.23. The summed E-state index contributed by atoms with van der Waals surface area (Å²) in [5, 5.41) is 5.87. The molecule has 2 aliphatic heterocycles. The Bertz CT molecular complexity index is 913. The topological polar surface area (TPSA) is 77.1 Å². The van der Waals surface area contributed by atoms with E-state index in [1.165, 1.54) is 5.69 Å². The average molecular weight is 452 g/mol. The van der Waals surface area contributed by atoms with Gasteiger partial charge >= 0.3 is 6.03 Å². The highest BCUT2D eigenvalue weighted by Crippen LogP contribution is 2.21. The Labute approximate surface area is 195 Å². The Hall–Kier alpha value is -3.26. The molecule has 3 amide bonds. The van der Waals surface area contributed by atoms with Gasteiger partial charge in [0.25, 0.3) is 0 Å². The minimum atomic E-state index is -0.202. The molecule has 2 heterocycles. The van der Waals surface area contributed by atoms with Gasteiger partial charge in [-0.3, -0.25) is 9.69 Å². The summed E-state index contributed by atoms with van der Waals surface area (Å²) in [5.41, 5.74) is 2.10. The molecule has 8 heteroatoms. The predicted molar refractivity (Wildman–Crippen MR) is 130 cm³/mol. The third-order valence-electron chi connectivity index (χ3n) is 6.27. The molecule has 2 aromatic rings. The fraction of sp³-hybridized carbons (Fsp3) is 0.440. The zero-order valence-corrected chi connectivity index (χ0v) is 19.2. The summed E-state index contributed by atoms with van der Waals surface area (Å²) >= 11 is 0. The molecule has 2 aliphatic rings. The first-order valence-corrected chi connectivity index (χ1v) is 11.6. The number of piperazine rings is 1. The first-order valence-electron chi connectivity index (χ1n) is 11.6. The molecule has 2 saturated heterocycles. The zero-order valence-electron chi connectivity index (χ0n) is 19.2. The molecule has 0 aliphatic carbocycles. The van der Waals surface area contributed by atoms with Gasteiger partial charge in [0.15, 0.2) is 0 Å². The van der Waals surface area contributed by atoms with Crippen molar-refractivity contribution in [3.8, 4) is 5.75 Å². The fourth-order valence-corrected chi connectivity index (χ4v) is 4.43. The standard InChI is InChI=1S/C25H33N5O3/c1-33-23-10-8-21(9-11-23)29-16-14-28(15-17-29)13-5-12-26-25(32)27-20-18-24(31)30(19-20)22-6-3-2-4-7-22/h2-4,6-11,20H,5,12-19H2,1H3,(H2,26,27,32). The number of ether oxygens (including phenoxy) is 1. The Kier molecular flexibility index (Phi) is 7.67. The summed E-state index contributed by atoms with van der Waals surface area (Å²) in [6.07, 6.45) is 1.23. The average Bonchev–Trinajstić information content (AvgIpc) is 3.22. The minimum absolute atomic E-state index is 0.0419.